The summed E-state index contributed by atoms with van der Waals surface area (Å²) >= 11 is 5.97. The van der Waals surface area contributed by atoms with Gasteiger partial charge in [0, 0.05) is 50.0 Å². The van der Waals surface area contributed by atoms with E-state index in [-0.39, 0.29) is 22.4 Å². The number of halogens is 3. The second-order valence-electron chi connectivity index (χ2n) is 10.2. The zero-order valence-corrected chi connectivity index (χ0v) is 28.1. The molecule has 0 unspecified atom stereocenters. The monoisotopic (exact) mass is 710 g/mol. The molecule has 4 aromatic heterocycles. The van der Waals surface area contributed by atoms with E-state index in [1.165, 1.54) is 49.8 Å². The number of rotatable bonds is 8. The molecule has 0 bridgehead atoms. The number of nitrogens with two attached hydrogens (primary N) is 1. The Kier molecular flexibility index (Phi) is 13.7. The van der Waals surface area contributed by atoms with Crippen LogP contribution >= 0.6 is 11.6 Å². The van der Waals surface area contributed by atoms with Crippen molar-refractivity contribution in [3.8, 4) is 0 Å². The van der Waals surface area contributed by atoms with Crippen LogP contribution in [0, 0.1) is 11.6 Å². The van der Waals surface area contributed by atoms with E-state index in [0.29, 0.717) is 34.5 Å². The predicted octanol–water partition coefficient (Wildman–Crippen LogP) is 7.10. The topological polar surface area (TPSA) is 172 Å². The second-order valence-corrected chi connectivity index (χ2v) is 10.6. The van der Waals surface area contributed by atoms with E-state index in [0.717, 1.165) is 23.8 Å². The highest BCUT2D eigenvalue weighted by molar-refractivity contribution is 6.34. The van der Waals surface area contributed by atoms with Gasteiger partial charge in [-0.05, 0) is 48.5 Å². The van der Waals surface area contributed by atoms with Gasteiger partial charge in [-0.2, -0.15) is 0 Å². The highest BCUT2D eigenvalue weighted by Gasteiger charge is 2.13. The number of anilines is 7. The Morgan fingerprint density at radius 3 is 1.51 bits per heavy atom. The van der Waals surface area contributed by atoms with Crippen molar-refractivity contribution < 1.29 is 18.4 Å². The Morgan fingerprint density at radius 1 is 0.588 bits per heavy atom. The number of hydrogen-bond acceptors (Lipinski definition) is 10. The van der Waals surface area contributed by atoms with Gasteiger partial charge in [-0.1, -0.05) is 48.0 Å². The fourth-order valence-electron chi connectivity index (χ4n) is 4.04. The van der Waals surface area contributed by atoms with Gasteiger partial charge in [0.05, 0.1) is 34.2 Å². The van der Waals surface area contributed by atoms with E-state index in [4.69, 9.17) is 17.3 Å². The summed E-state index contributed by atoms with van der Waals surface area (Å²) in [4.78, 5) is 39.5. The van der Waals surface area contributed by atoms with Crippen molar-refractivity contribution in [2.24, 2.45) is 0 Å². The Labute approximate surface area is 297 Å². The summed E-state index contributed by atoms with van der Waals surface area (Å²) in [6, 6.07) is 27.7. The van der Waals surface area contributed by atoms with E-state index < -0.39 is 11.6 Å². The maximum absolute atomic E-state index is 13.0. The summed E-state index contributed by atoms with van der Waals surface area (Å²) in [7, 11) is 3.07. The van der Waals surface area contributed by atoms with Gasteiger partial charge in [0.15, 0.2) is 0 Å². The summed E-state index contributed by atoms with van der Waals surface area (Å²) in [5, 5.41) is 14.3. The molecule has 0 radical (unpaired) electrons. The summed E-state index contributed by atoms with van der Waals surface area (Å²) < 4.78 is 25.7. The number of amides is 2. The fourth-order valence-corrected chi connectivity index (χ4v) is 4.27. The lowest BCUT2D eigenvalue weighted by atomic mass is 10.2. The number of nitrogens with one attached hydrogen (secondary N) is 5. The van der Waals surface area contributed by atoms with Crippen LogP contribution in [0.3, 0.4) is 0 Å². The molecule has 4 heterocycles. The van der Waals surface area contributed by atoms with Gasteiger partial charge in [0.2, 0.25) is 0 Å². The molecule has 0 aliphatic carbocycles. The Bertz CT molecular complexity index is 2020. The van der Waals surface area contributed by atoms with Gasteiger partial charge in [-0.25, -0.2) is 28.7 Å². The predicted molar refractivity (Wildman–Crippen MR) is 196 cm³/mol. The van der Waals surface area contributed by atoms with Gasteiger partial charge < -0.3 is 32.3 Å². The lowest BCUT2D eigenvalue weighted by Gasteiger charge is -2.13. The van der Waals surface area contributed by atoms with Crippen LogP contribution in [-0.4, -0.2) is 45.8 Å². The number of nitrogens with zero attached hydrogens (tertiary/aromatic N) is 4. The van der Waals surface area contributed by atoms with Gasteiger partial charge >= 0.3 is 0 Å². The third kappa shape index (κ3) is 11.8. The number of pyridine rings is 4. The maximum Gasteiger partial charge on any atom is 0.254 e. The van der Waals surface area contributed by atoms with Crippen molar-refractivity contribution in [2.75, 3.05) is 35.8 Å². The molecule has 7 N–H and O–H groups in total. The van der Waals surface area contributed by atoms with E-state index >= 15 is 0 Å². The highest BCUT2D eigenvalue weighted by Crippen LogP contribution is 2.25. The Hall–Kier alpha value is -6.67. The minimum Gasteiger partial charge on any atom is -0.399 e. The molecule has 2 amide bonds. The van der Waals surface area contributed by atoms with Crippen molar-refractivity contribution in [2.45, 2.75) is 0 Å². The van der Waals surface area contributed by atoms with Crippen LogP contribution < -0.4 is 32.3 Å². The Morgan fingerprint density at radius 2 is 1.06 bits per heavy atom. The molecule has 0 atom stereocenters. The first-order chi connectivity index (χ1) is 24.6. The van der Waals surface area contributed by atoms with Crippen molar-refractivity contribution >= 4 is 63.7 Å². The Balaban J connectivity index is 0.000000197. The second kappa shape index (κ2) is 18.8. The van der Waals surface area contributed by atoms with Gasteiger partial charge in [-0.3, -0.25) is 9.59 Å². The van der Waals surface area contributed by atoms with Crippen LogP contribution in [0.2, 0.25) is 5.02 Å². The van der Waals surface area contributed by atoms with Crippen molar-refractivity contribution in [3.63, 3.8) is 0 Å². The number of aromatic nitrogens is 4. The SMILES string of the molecule is CNC(=O)c1cnc(Nc2ccc(F)cn2)cc1Cl.CNC(=O)c1cnc(Nc2ccc(F)cn2)cc1Nc1ccccc1.Nc1ccccc1. The number of carbonyl (C=O) groups excluding carboxylic acids is 2. The summed E-state index contributed by atoms with van der Waals surface area (Å²) in [6.45, 7) is 0. The molecule has 0 aliphatic rings. The number of para-hydroxylation sites is 2. The molecule has 12 nitrogen and oxygen atoms in total. The zero-order valence-electron chi connectivity index (χ0n) is 27.4. The molecule has 260 valence electrons. The molecule has 0 aliphatic heterocycles. The van der Waals surface area contributed by atoms with Gasteiger partial charge in [0.25, 0.3) is 11.8 Å². The average Bonchev–Trinajstić information content (AvgIpc) is 3.14. The third-order valence-electron chi connectivity index (χ3n) is 6.52. The number of nitrogen functional groups attached to an aromatic ring is 1. The largest absolute Gasteiger partial charge is 0.399 e. The van der Waals surface area contributed by atoms with Crippen molar-refractivity contribution in [3.05, 3.63) is 150 Å². The van der Waals surface area contributed by atoms with Crippen LogP contribution in [0.15, 0.2) is 122 Å². The smallest absolute Gasteiger partial charge is 0.254 e. The molecule has 0 saturated heterocycles. The highest BCUT2D eigenvalue weighted by atomic mass is 35.5. The van der Waals surface area contributed by atoms with Crippen LogP contribution in [-0.2, 0) is 0 Å². The van der Waals surface area contributed by atoms with E-state index in [2.05, 4.69) is 46.5 Å². The van der Waals surface area contributed by atoms with Crippen molar-refractivity contribution in [1.82, 2.24) is 30.6 Å². The first kappa shape index (κ1) is 37.2. The standard InChI is InChI=1S/C18H16FN5O.C12H10ClFN4O.C6H7N/c1-20-18(25)14-11-22-17(24-16-8-7-12(19)10-21-16)9-15(14)23-13-5-3-2-4-6-13;1-15-12(19)8-6-17-11(4-9(8)13)18-10-3-2-7(14)5-16-10;7-6-4-2-1-3-5-6/h2-11H,1H3,(H,20,25)(H2,21,22,23,24);2-6H,1H3,(H,15,19)(H,16,17,18);1-5H,7H2. The van der Waals surface area contributed by atoms with Gasteiger partial charge in [-0.15, -0.1) is 0 Å². The van der Waals surface area contributed by atoms with Gasteiger partial charge in [0.1, 0.15) is 34.9 Å². The van der Waals surface area contributed by atoms with Crippen LogP contribution in [0.25, 0.3) is 0 Å². The fraction of sp³-hybridized carbons (Fsp3) is 0.0556. The number of carbonyl (C=O) groups is 2. The van der Waals surface area contributed by atoms with E-state index in [1.807, 2.05) is 60.7 Å². The zero-order chi connectivity index (χ0) is 36.6. The molecule has 0 spiro atoms. The molecular weight excluding hydrogens is 678 g/mol. The molecule has 0 saturated carbocycles. The first-order valence-corrected chi connectivity index (χ1v) is 15.5. The lowest BCUT2D eigenvalue weighted by molar-refractivity contribution is 0.0955. The molecule has 6 rings (SSSR count). The summed E-state index contributed by atoms with van der Waals surface area (Å²) in [6.07, 6.45) is 5.02. The van der Waals surface area contributed by atoms with E-state index in [1.54, 1.807) is 13.1 Å². The molecule has 51 heavy (non-hydrogen) atoms. The minimum absolute atomic E-state index is 0.252. The van der Waals surface area contributed by atoms with E-state index in [9.17, 15) is 18.4 Å². The average molecular weight is 711 g/mol. The lowest BCUT2D eigenvalue weighted by Crippen LogP contribution is -2.19. The van der Waals surface area contributed by atoms with Crippen LogP contribution in [0.4, 0.5) is 49.1 Å². The summed E-state index contributed by atoms with van der Waals surface area (Å²) in [5.41, 5.74) is 8.29. The van der Waals surface area contributed by atoms with Crippen LogP contribution in [0.1, 0.15) is 20.7 Å². The molecule has 2 aromatic carbocycles. The molecular formula is C36H33ClF2N10O2. The molecule has 0 fully saturated rings. The number of hydrogen-bond donors (Lipinski definition) is 6. The normalized spacial score (nSPS) is 9.90. The quantitative estimate of drug-likeness (QED) is 0.0895. The van der Waals surface area contributed by atoms with Crippen molar-refractivity contribution in [1.29, 1.82) is 0 Å². The maximum atomic E-state index is 13.0. The number of benzene rings is 2. The third-order valence-corrected chi connectivity index (χ3v) is 6.83. The molecule has 15 heteroatoms. The van der Waals surface area contributed by atoms with Crippen LogP contribution in [0.5, 0.6) is 0 Å². The minimum atomic E-state index is -0.425. The summed E-state index contributed by atoms with van der Waals surface area (Å²) in [5.74, 6) is 0.361. The first-order valence-electron chi connectivity index (χ1n) is 15.1. The molecule has 6 aromatic rings.